The van der Waals surface area contributed by atoms with Gasteiger partial charge in [0.05, 0.1) is 7.11 Å². The van der Waals surface area contributed by atoms with Crippen LogP contribution in [0.3, 0.4) is 0 Å². The van der Waals surface area contributed by atoms with Crippen LogP contribution in [0, 0.1) is 0 Å². The molecule has 1 heterocycles. The number of hydrogen-bond donors (Lipinski definition) is 1. The van der Waals surface area contributed by atoms with Crippen LogP contribution in [0.15, 0.2) is 78.9 Å². The minimum atomic E-state index is -1.39. The molecule has 1 N–H and O–H groups in total. The lowest BCUT2D eigenvalue weighted by Crippen LogP contribution is -2.33. The fourth-order valence-corrected chi connectivity index (χ4v) is 4.59. The summed E-state index contributed by atoms with van der Waals surface area (Å²) >= 11 is 0. The van der Waals surface area contributed by atoms with Crippen molar-refractivity contribution in [3.8, 4) is 28.4 Å². The number of aryl methyl sites for hydroxylation is 1. The van der Waals surface area contributed by atoms with E-state index in [0.29, 0.717) is 11.3 Å². The van der Waals surface area contributed by atoms with Crippen molar-refractivity contribution in [2.75, 3.05) is 7.11 Å². The fraction of sp³-hybridized carbons (Fsp3) is 0.200. The maximum atomic E-state index is 12.3. The van der Waals surface area contributed by atoms with Crippen LogP contribution in [-0.2, 0) is 21.6 Å². The number of cyclic esters (lactones) is 1. The number of methoxy groups -OCH3 is 1. The average molecular weight is 482 g/mol. The monoisotopic (exact) mass is 481 g/mol. The van der Waals surface area contributed by atoms with Crippen LogP contribution in [0.5, 0.6) is 17.2 Å². The molecule has 0 spiro atoms. The number of rotatable bonds is 7. The van der Waals surface area contributed by atoms with Gasteiger partial charge in [0.2, 0.25) is 5.60 Å². The lowest BCUT2D eigenvalue weighted by atomic mass is 9.95. The minimum absolute atomic E-state index is 0.492. The predicted octanol–water partition coefficient (Wildman–Crippen LogP) is 6.74. The van der Waals surface area contributed by atoms with Crippen molar-refractivity contribution >= 4 is 22.8 Å². The van der Waals surface area contributed by atoms with Gasteiger partial charge in [0.15, 0.2) is 0 Å². The lowest BCUT2D eigenvalue weighted by Gasteiger charge is -2.20. The minimum Gasteiger partial charge on any atom is -0.497 e. The highest BCUT2D eigenvalue weighted by Gasteiger charge is 2.46. The van der Waals surface area contributed by atoms with Crippen molar-refractivity contribution in [3.63, 3.8) is 0 Å². The van der Waals surface area contributed by atoms with Crippen molar-refractivity contribution in [1.82, 2.24) is 5.32 Å². The summed E-state index contributed by atoms with van der Waals surface area (Å²) in [6, 6.07) is 25.7. The molecule has 0 aromatic heterocycles. The summed E-state index contributed by atoms with van der Waals surface area (Å²) in [5.41, 5.74) is 2.50. The summed E-state index contributed by atoms with van der Waals surface area (Å²) in [6.45, 7) is 3.71. The molecule has 0 saturated carbocycles. The van der Waals surface area contributed by atoms with Crippen molar-refractivity contribution < 1.29 is 23.8 Å². The first kappa shape index (κ1) is 23.4. The van der Waals surface area contributed by atoms with Gasteiger partial charge in [0.25, 0.3) is 5.91 Å². The van der Waals surface area contributed by atoms with E-state index >= 15 is 0 Å². The molecule has 6 heteroatoms. The molecule has 1 fully saturated rings. The summed E-state index contributed by atoms with van der Waals surface area (Å²) in [5, 5.41) is 4.46. The summed E-state index contributed by atoms with van der Waals surface area (Å²) in [7, 11) is 1.67. The van der Waals surface area contributed by atoms with Crippen LogP contribution in [0.2, 0.25) is 0 Å². The topological polar surface area (TPSA) is 73.9 Å². The van der Waals surface area contributed by atoms with Crippen LogP contribution in [-0.4, -0.2) is 19.1 Å². The molecule has 36 heavy (non-hydrogen) atoms. The van der Waals surface area contributed by atoms with Crippen LogP contribution < -0.4 is 14.8 Å². The second-order valence-electron chi connectivity index (χ2n) is 8.97. The van der Waals surface area contributed by atoms with Gasteiger partial charge in [0.1, 0.15) is 17.2 Å². The number of amides is 2. The molecule has 4 aromatic rings. The highest BCUT2D eigenvalue weighted by atomic mass is 16.6. The third kappa shape index (κ3) is 4.26. The summed E-state index contributed by atoms with van der Waals surface area (Å²) < 4.78 is 16.9. The smallest absolute Gasteiger partial charge is 0.415 e. The normalized spacial score (nSPS) is 17.1. The molecule has 1 saturated heterocycles. The zero-order chi connectivity index (χ0) is 25.3. The number of benzene rings is 4. The summed E-state index contributed by atoms with van der Waals surface area (Å²) in [4.78, 5) is 23.9. The molecule has 5 rings (SSSR count). The Kier molecular flexibility index (Phi) is 6.10. The Morgan fingerprint density at radius 2 is 1.75 bits per heavy atom. The summed E-state index contributed by atoms with van der Waals surface area (Å²) in [6.07, 6.45) is 1.06. The molecule has 6 nitrogen and oxygen atoms in total. The van der Waals surface area contributed by atoms with E-state index in [-0.39, 0.29) is 0 Å². The van der Waals surface area contributed by atoms with E-state index < -0.39 is 17.6 Å². The Balaban J connectivity index is 1.49. The average Bonchev–Trinajstić information content (AvgIpc) is 3.16. The maximum Gasteiger partial charge on any atom is 0.415 e. The fourth-order valence-electron chi connectivity index (χ4n) is 4.59. The van der Waals surface area contributed by atoms with Crippen molar-refractivity contribution in [2.45, 2.75) is 32.3 Å². The molecular formula is C30H27NO5. The molecule has 4 aromatic carbocycles. The lowest BCUT2D eigenvalue weighted by molar-refractivity contribution is -0.130. The number of carbonyl (C=O) groups is 2. The predicted molar refractivity (Wildman–Crippen MR) is 138 cm³/mol. The number of fused-ring (bicyclic) bond motifs is 1. The number of ether oxygens (including phenoxy) is 3. The Morgan fingerprint density at radius 1 is 0.917 bits per heavy atom. The molecule has 0 bridgehead atoms. The van der Waals surface area contributed by atoms with Crippen molar-refractivity contribution in [3.05, 3.63) is 90.0 Å². The van der Waals surface area contributed by atoms with E-state index in [9.17, 15) is 9.59 Å². The standard InChI is InChI=1S/C30H27NO5/c1-4-7-21-16-20(25-11-5-8-19-17-23(34-3)13-14-26(19)25)12-15-27(21)35-24-10-6-9-22(18-24)30(2)28(32)31-29(33)36-30/h5-6,8-18H,4,7H2,1-3H3,(H,31,32,33)/t30-/m1/s1. The quantitative estimate of drug-likeness (QED) is 0.316. The first-order valence-electron chi connectivity index (χ1n) is 11.9. The second kappa shape index (κ2) is 9.38. The van der Waals surface area contributed by atoms with Crippen molar-refractivity contribution in [2.24, 2.45) is 0 Å². The third-order valence-corrected chi connectivity index (χ3v) is 6.54. The summed E-state index contributed by atoms with van der Waals surface area (Å²) in [5.74, 6) is 1.65. The number of carbonyl (C=O) groups excluding carboxylic acids is 2. The zero-order valence-corrected chi connectivity index (χ0v) is 20.5. The van der Waals surface area contributed by atoms with Gasteiger partial charge in [-0.25, -0.2) is 4.79 Å². The van der Waals surface area contributed by atoms with Crippen LogP contribution in [0.1, 0.15) is 31.4 Å². The van der Waals surface area contributed by atoms with E-state index in [0.717, 1.165) is 51.8 Å². The van der Waals surface area contributed by atoms with Gasteiger partial charge < -0.3 is 14.2 Å². The van der Waals surface area contributed by atoms with Gasteiger partial charge in [-0.15, -0.1) is 0 Å². The van der Waals surface area contributed by atoms with E-state index in [1.165, 1.54) is 0 Å². The number of hydrogen-bond acceptors (Lipinski definition) is 5. The highest BCUT2D eigenvalue weighted by Crippen LogP contribution is 2.37. The molecular weight excluding hydrogens is 454 g/mol. The van der Waals surface area contributed by atoms with E-state index in [2.05, 4.69) is 48.6 Å². The molecule has 1 aliphatic heterocycles. The number of nitrogens with one attached hydrogen (secondary N) is 1. The van der Waals surface area contributed by atoms with Crippen LogP contribution >= 0.6 is 0 Å². The van der Waals surface area contributed by atoms with E-state index in [1.807, 2.05) is 24.3 Å². The zero-order valence-electron chi connectivity index (χ0n) is 20.5. The Morgan fingerprint density at radius 3 is 2.50 bits per heavy atom. The Bertz CT molecular complexity index is 1480. The second-order valence-corrected chi connectivity index (χ2v) is 8.97. The number of alkyl carbamates (subject to hydrolysis) is 1. The van der Waals surface area contributed by atoms with E-state index in [4.69, 9.17) is 14.2 Å². The van der Waals surface area contributed by atoms with E-state index in [1.54, 1.807) is 32.2 Å². The number of imide groups is 1. The molecule has 1 aliphatic rings. The van der Waals surface area contributed by atoms with Gasteiger partial charge in [-0.3, -0.25) is 10.1 Å². The Labute approximate surface area is 209 Å². The molecule has 182 valence electrons. The molecule has 0 unspecified atom stereocenters. The molecule has 0 aliphatic carbocycles. The van der Waals surface area contributed by atoms with Gasteiger partial charge in [-0.2, -0.15) is 0 Å². The van der Waals surface area contributed by atoms with Gasteiger partial charge in [-0.1, -0.05) is 55.8 Å². The molecule has 1 atom stereocenters. The van der Waals surface area contributed by atoms with Crippen molar-refractivity contribution in [1.29, 1.82) is 0 Å². The SMILES string of the molecule is CCCc1cc(-c2cccc3cc(OC)ccc23)ccc1Oc1cccc([C@@]2(C)OC(=O)NC2=O)c1. The largest absolute Gasteiger partial charge is 0.497 e. The van der Waals surface area contributed by atoms with Crippen LogP contribution in [0.4, 0.5) is 4.79 Å². The van der Waals surface area contributed by atoms with Gasteiger partial charge >= 0.3 is 6.09 Å². The van der Waals surface area contributed by atoms with Crippen LogP contribution in [0.25, 0.3) is 21.9 Å². The maximum absolute atomic E-state index is 12.3. The molecule has 0 radical (unpaired) electrons. The first-order chi connectivity index (χ1) is 17.4. The van der Waals surface area contributed by atoms with Gasteiger partial charge in [0, 0.05) is 5.56 Å². The third-order valence-electron chi connectivity index (χ3n) is 6.54. The Hall–Kier alpha value is -4.32. The first-order valence-corrected chi connectivity index (χ1v) is 11.9. The molecule has 2 amide bonds. The highest BCUT2D eigenvalue weighted by molar-refractivity contribution is 6.03. The van der Waals surface area contributed by atoms with Gasteiger partial charge in [-0.05, 0) is 77.2 Å².